The number of nitrogens with one attached hydrogen (secondary N) is 1. The van der Waals surface area contributed by atoms with E-state index in [2.05, 4.69) is 5.32 Å². The van der Waals surface area contributed by atoms with Gasteiger partial charge in [-0.05, 0) is 19.1 Å². The van der Waals surface area contributed by atoms with Crippen molar-refractivity contribution in [2.45, 2.75) is 19.5 Å². The lowest BCUT2D eigenvalue weighted by Crippen LogP contribution is -2.15. The first-order valence-electron chi connectivity index (χ1n) is 5.56. The van der Waals surface area contributed by atoms with Gasteiger partial charge in [0.05, 0.1) is 18.0 Å². The third-order valence-corrected chi connectivity index (χ3v) is 2.21. The van der Waals surface area contributed by atoms with E-state index in [-0.39, 0.29) is 23.7 Å². The molecule has 0 bridgehead atoms. The van der Waals surface area contributed by atoms with Crippen molar-refractivity contribution in [1.82, 2.24) is 0 Å². The highest BCUT2D eigenvalue weighted by molar-refractivity contribution is 5.68. The second-order valence-electron chi connectivity index (χ2n) is 3.63. The van der Waals surface area contributed by atoms with Gasteiger partial charge in [-0.25, -0.2) is 0 Å². The van der Waals surface area contributed by atoms with Crippen molar-refractivity contribution in [3.05, 3.63) is 28.3 Å². The number of hydrogen-bond acceptors (Lipinski definition) is 4. The fraction of sp³-hybridized carbons (Fsp3) is 0.455. The summed E-state index contributed by atoms with van der Waals surface area (Å²) < 4.78 is 41.1. The van der Waals surface area contributed by atoms with Crippen molar-refractivity contribution in [3.63, 3.8) is 0 Å². The van der Waals surface area contributed by atoms with Crippen molar-refractivity contribution < 1.29 is 22.8 Å². The maximum absolute atomic E-state index is 12.0. The van der Waals surface area contributed by atoms with E-state index in [0.717, 1.165) is 0 Å². The van der Waals surface area contributed by atoms with Gasteiger partial charge in [-0.15, -0.1) is 0 Å². The molecule has 19 heavy (non-hydrogen) atoms. The Kier molecular flexibility index (Phi) is 4.96. The summed E-state index contributed by atoms with van der Waals surface area (Å²) in [5.74, 6) is 0.0320. The van der Waals surface area contributed by atoms with Gasteiger partial charge in [-0.1, -0.05) is 6.07 Å². The molecule has 1 aromatic carbocycles. The summed E-state index contributed by atoms with van der Waals surface area (Å²) >= 11 is 0. The van der Waals surface area contributed by atoms with Crippen LogP contribution in [-0.2, 0) is 0 Å². The molecule has 0 aliphatic rings. The number of alkyl halides is 3. The molecule has 106 valence electrons. The number of nitro groups is 1. The van der Waals surface area contributed by atoms with E-state index in [1.54, 1.807) is 6.92 Å². The Balaban J connectivity index is 2.87. The number of ether oxygens (including phenoxy) is 1. The molecule has 0 saturated carbocycles. The molecule has 0 atom stereocenters. The van der Waals surface area contributed by atoms with E-state index in [1.807, 2.05) is 0 Å². The normalized spacial score (nSPS) is 11.2. The molecule has 5 nitrogen and oxygen atoms in total. The molecular weight excluding hydrogens is 265 g/mol. The highest BCUT2D eigenvalue weighted by atomic mass is 19.4. The lowest BCUT2D eigenvalue weighted by molar-refractivity contribution is -0.384. The average Bonchev–Trinajstić information content (AvgIpc) is 2.27. The van der Waals surface area contributed by atoms with Gasteiger partial charge >= 0.3 is 11.9 Å². The van der Waals surface area contributed by atoms with Gasteiger partial charge < -0.3 is 10.1 Å². The molecule has 0 unspecified atom stereocenters. The fourth-order valence-electron chi connectivity index (χ4n) is 1.46. The van der Waals surface area contributed by atoms with Crippen molar-refractivity contribution in [1.29, 1.82) is 0 Å². The predicted molar refractivity (Wildman–Crippen MR) is 63.4 cm³/mol. The lowest BCUT2D eigenvalue weighted by atomic mass is 10.2. The Morgan fingerprint density at radius 1 is 1.42 bits per heavy atom. The molecule has 0 spiro atoms. The topological polar surface area (TPSA) is 64.4 Å². The molecular formula is C11H13F3N2O3. The molecule has 8 heteroatoms. The second-order valence-corrected chi connectivity index (χ2v) is 3.63. The molecule has 0 radical (unpaired) electrons. The summed E-state index contributed by atoms with van der Waals surface area (Å²) in [6, 6.07) is 4.22. The summed E-state index contributed by atoms with van der Waals surface area (Å²) in [7, 11) is 0. The summed E-state index contributed by atoms with van der Waals surface area (Å²) in [5.41, 5.74) is -0.341. The second kappa shape index (κ2) is 6.26. The molecule has 0 amide bonds. The van der Waals surface area contributed by atoms with Crippen molar-refractivity contribution >= 4 is 11.4 Å². The van der Waals surface area contributed by atoms with Gasteiger partial charge in [0.2, 0.25) is 0 Å². The van der Waals surface area contributed by atoms with Crippen molar-refractivity contribution in [2.24, 2.45) is 0 Å². The van der Waals surface area contributed by atoms with Crippen LogP contribution < -0.4 is 10.1 Å². The number of hydrogen-bond donors (Lipinski definition) is 1. The zero-order valence-electron chi connectivity index (χ0n) is 10.2. The van der Waals surface area contributed by atoms with E-state index < -0.39 is 24.1 Å². The van der Waals surface area contributed by atoms with Crippen LogP contribution in [0.4, 0.5) is 24.5 Å². The summed E-state index contributed by atoms with van der Waals surface area (Å²) in [4.78, 5) is 10.3. The minimum Gasteiger partial charge on any atom is -0.487 e. The molecule has 0 fully saturated rings. The number of anilines is 1. The van der Waals surface area contributed by atoms with E-state index >= 15 is 0 Å². The Morgan fingerprint density at radius 2 is 2.11 bits per heavy atom. The monoisotopic (exact) mass is 278 g/mol. The minimum atomic E-state index is -4.31. The van der Waals surface area contributed by atoms with Gasteiger partial charge in [0.25, 0.3) is 0 Å². The largest absolute Gasteiger partial charge is 0.487 e. The lowest BCUT2D eigenvalue weighted by Gasteiger charge is -2.11. The van der Waals surface area contributed by atoms with Crippen LogP contribution >= 0.6 is 0 Å². The molecule has 0 heterocycles. The fourth-order valence-corrected chi connectivity index (χ4v) is 1.46. The maximum Gasteiger partial charge on any atom is 0.390 e. The zero-order valence-corrected chi connectivity index (χ0v) is 10.2. The summed E-state index contributed by atoms with van der Waals surface area (Å²) in [6.07, 6.45) is -5.37. The Morgan fingerprint density at radius 3 is 2.63 bits per heavy atom. The van der Waals surface area contributed by atoms with Gasteiger partial charge in [0.1, 0.15) is 5.69 Å². The van der Waals surface area contributed by atoms with Crippen LogP contribution in [0, 0.1) is 10.1 Å². The molecule has 0 saturated heterocycles. The Hall–Kier alpha value is -1.99. The first kappa shape index (κ1) is 15.1. The van der Waals surface area contributed by atoms with Gasteiger partial charge in [-0.3, -0.25) is 10.1 Å². The van der Waals surface area contributed by atoms with Gasteiger partial charge in [-0.2, -0.15) is 13.2 Å². The number of nitrogens with zero attached hydrogens (tertiary/aromatic N) is 1. The summed E-state index contributed by atoms with van der Waals surface area (Å²) in [6.45, 7) is 1.46. The Bertz CT molecular complexity index is 449. The predicted octanol–water partition coefficient (Wildman–Crippen LogP) is 3.36. The number of halogens is 3. The molecule has 1 aromatic rings. The first-order chi connectivity index (χ1) is 8.85. The maximum atomic E-state index is 12.0. The van der Waals surface area contributed by atoms with Crippen LogP contribution in [0.15, 0.2) is 18.2 Å². The van der Waals surface area contributed by atoms with Crippen LogP contribution in [0.1, 0.15) is 13.3 Å². The van der Waals surface area contributed by atoms with Crippen LogP contribution in [0.2, 0.25) is 0 Å². The number of nitro benzene ring substituents is 1. The van der Waals surface area contributed by atoms with E-state index in [0.29, 0.717) is 0 Å². The average molecular weight is 278 g/mol. The van der Waals surface area contributed by atoms with E-state index in [1.165, 1.54) is 18.2 Å². The molecule has 0 aliphatic heterocycles. The van der Waals surface area contributed by atoms with Crippen LogP contribution in [0.3, 0.4) is 0 Å². The van der Waals surface area contributed by atoms with Crippen LogP contribution in [-0.4, -0.2) is 24.3 Å². The van der Waals surface area contributed by atoms with Crippen LogP contribution in [0.5, 0.6) is 5.75 Å². The number of para-hydroxylation sites is 1. The van der Waals surface area contributed by atoms with Gasteiger partial charge in [0, 0.05) is 6.54 Å². The quantitative estimate of drug-likeness (QED) is 0.640. The third kappa shape index (κ3) is 4.65. The molecule has 0 aliphatic carbocycles. The standard InChI is InChI=1S/C11H13F3N2O3/c1-2-19-9-5-3-4-8(10(9)16(17)18)15-7-6-11(12,13)14/h3-5,15H,2,6-7H2,1H3. The summed E-state index contributed by atoms with van der Waals surface area (Å²) in [5, 5.41) is 13.3. The highest BCUT2D eigenvalue weighted by Gasteiger charge is 2.27. The zero-order chi connectivity index (χ0) is 14.5. The van der Waals surface area contributed by atoms with Crippen molar-refractivity contribution in [2.75, 3.05) is 18.5 Å². The first-order valence-corrected chi connectivity index (χ1v) is 5.56. The molecule has 0 aromatic heterocycles. The smallest absolute Gasteiger partial charge is 0.390 e. The molecule has 1 N–H and O–H groups in total. The van der Waals surface area contributed by atoms with Crippen molar-refractivity contribution in [3.8, 4) is 5.75 Å². The Labute approximate surface area is 107 Å². The SMILES string of the molecule is CCOc1cccc(NCCC(F)(F)F)c1[N+](=O)[O-]. The number of rotatable bonds is 6. The van der Waals surface area contributed by atoms with Gasteiger partial charge in [0.15, 0.2) is 5.75 Å². The van der Waals surface area contributed by atoms with Crippen LogP contribution in [0.25, 0.3) is 0 Å². The van der Waals surface area contributed by atoms with E-state index in [9.17, 15) is 23.3 Å². The molecule has 1 rings (SSSR count). The third-order valence-electron chi connectivity index (χ3n) is 2.21. The highest BCUT2D eigenvalue weighted by Crippen LogP contribution is 2.35. The van der Waals surface area contributed by atoms with E-state index in [4.69, 9.17) is 4.74 Å². The minimum absolute atomic E-state index is 0.0141. The number of benzene rings is 1.